The molecule has 0 radical (unpaired) electrons. The van der Waals surface area contributed by atoms with E-state index >= 15 is 0 Å². The Morgan fingerprint density at radius 1 is 0.943 bits per heavy atom. The fraction of sp³-hybridized carbons (Fsp3) is 0.111. The second kappa shape index (κ2) is 9.90. The fourth-order valence-electron chi connectivity index (χ4n) is 3.93. The van der Waals surface area contributed by atoms with E-state index in [1.807, 2.05) is 54.7 Å². The molecule has 1 aromatic heterocycles. The number of carbonyl (C=O) groups is 2. The first-order valence-corrected chi connectivity index (χ1v) is 12.1. The molecule has 5 rings (SSSR count). The number of aromatic nitrogens is 1. The molecular formula is C27H21ClN2O4S. The lowest BCUT2D eigenvalue weighted by Gasteiger charge is -2.12. The molecule has 35 heavy (non-hydrogen) atoms. The highest BCUT2D eigenvalue weighted by molar-refractivity contribution is 8.19. The third kappa shape index (κ3) is 4.78. The molecule has 0 unspecified atom stereocenters. The number of halogens is 1. The third-order valence-electron chi connectivity index (χ3n) is 5.64. The van der Waals surface area contributed by atoms with E-state index in [1.165, 1.54) is 4.90 Å². The van der Waals surface area contributed by atoms with E-state index in [-0.39, 0.29) is 11.1 Å². The van der Waals surface area contributed by atoms with E-state index in [4.69, 9.17) is 21.1 Å². The summed E-state index contributed by atoms with van der Waals surface area (Å²) in [5.74, 6) is 1.19. The Kier molecular flexibility index (Phi) is 6.53. The number of imide groups is 1. The molecule has 1 fully saturated rings. The highest BCUT2D eigenvalue weighted by Crippen LogP contribution is 2.37. The number of hydrogen-bond donors (Lipinski definition) is 0. The van der Waals surface area contributed by atoms with Crippen molar-refractivity contribution in [3.05, 3.63) is 94.5 Å². The molecule has 0 atom stereocenters. The van der Waals surface area contributed by atoms with Crippen molar-refractivity contribution in [1.29, 1.82) is 0 Å². The van der Waals surface area contributed by atoms with Crippen molar-refractivity contribution in [3.63, 3.8) is 0 Å². The summed E-state index contributed by atoms with van der Waals surface area (Å²) in [6.45, 7) is 1.09. The smallest absolute Gasteiger partial charge is 0.298 e. The summed E-state index contributed by atoms with van der Waals surface area (Å²) in [5.41, 5.74) is 2.39. The average Bonchev–Trinajstić information content (AvgIpc) is 3.36. The zero-order valence-corrected chi connectivity index (χ0v) is 20.4. The van der Waals surface area contributed by atoms with Crippen molar-refractivity contribution < 1.29 is 19.1 Å². The molecule has 2 amide bonds. The van der Waals surface area contributed by atoms with Gasteiger partial charge in [-0.3, -0.25) is 9.59 Å². The number of methoxy groups -OCH3 is 1. The number of carbonyl (C=O) groups excluding carboxylic acids is 2. The van der Waals surface area contributed by atoms with E-state index in [0.717, 1.165) is 39.7 Å². The fourth-order valence-corrected chi connectivity index (χ4v) is 4.89. The van der Waals surface area contributed by atoms with Gasteiger partial charge in [-0.15, -0.1) is 0 Å². The maximum Gasteiger partial charge on any atom is 0.298 e. The second-order valence-corrected chi connectivity index (χ2v) is 9.24. The number of amides is 2. The Labute approximate surface area is 211 Å². The highest BCUT2D eigenvalue weighted by Gasteiger charge is 2.36. The molecule has 0 bridgehead atoms. The Bertz CT molecular complexity index is 1430. The number of ether oxygens (including phenoxy) is 2. The van der Waals surface area contributed by atoms with Crippen LogP contribution in [-0.4, -0.2) is 29.4 Å². The first kappa shape index (κ1) is 23.1. The van der Waals surface area contributed by atoms with Crippen LogP contribution < -0.4 is 14.4 Å². The van der Waals surface area contributed by atoms with Crippen molar-refractivity contribution in [2.75, 3.05) is 18.6 Å². The predicted octanol–water partition coefficient (Wildman–Crippen LogP) is 6.62. The summed E-state index contributed by atoms with van der Waals surface area (Å²) >= 11 is 6.88. The van der Waals surface area contributed by atoms with E-state index in [0.29, 0.717) is 28.8 Å². The van der Waals surface area contributed by atoms with Gasteiger partial charge >= 0.3 is 0 Å². The van der Waals surface area contributed by atoms with Gasteiger partial charge in [0.25, 0.3) is 11.1 Å². The van der Waals surface area contributed by atoms with Crippen molar-refractivity contribution in [2.24, 2.45) is 0 Å². The molecule has 2 heterocycles. The van der Waals surface area contributed by atoms with E-state index in [9.17, 15) is 9.59 Å². The van der Waals surface area contributed by atoms with Crippen LogP contribution in [0.15, 0.2) is 83.9 Å². The van der Waals surface area contributed by atoms with Gasteiger partial charge in [0.15, 0.2) is 0 Å². The maximum atomic E-state index is 13.1. The molecule has 1 aliphatic rings. The number of nitrogens with zero attached hydrogens (tertiary/aromatic N) is 2. The number of thioether (sulfide) groups is 1. The number of rotatable bonds is 7. The van der Waals surface area contributed by atoms with Gasteiger partial charge in [-0.25, -0.2) is 4.90 Å². The summed E-state index contributed by atoms with van der Waals surface area (Å²) < 4.78 is 13.2. The summed E-state index contributed by atoms with van der Waals surface area (Å²) in [5, 5.41) is 1.20. The molecule has 3 aromatic carbocycles. The number of para-hydroxylation sites is 1. The van der Waals surface area contributed by atoms with Crippen molar-refractivity contribution in [3.8, 4) is 11.5 Å². The minimum atomic E-state index is -0.345. The number of fused-ring (bicyclic) bond motifs is 1. The van der Waals surface area contributed by atoms with Crippen LogP contribution in [0.25, 0.3) is 17.0 Å². The normalized spacial score (nSPS) is 14.8. The predicted molar refractivity (Wildman–Crippen MR) is 140 cm³/mol. The van der Waals surface area contributed by atoms with Crippen LogP contribution in [0.3, 0.4) is 0 Å². The Morgan fingerprint density at radius 2 is 1.66 bits per heavy atom. The van der Waals surface area contributed by atoms with E-state index in [2.05, 4.69) is 4.57 Å². The first-order valence-electron chi connectivity index (χ1n) is 10.9. The number of anilines is 1. The van der Waals surface area contributed by atoms with E-state index < -0.39 is 0 Å². The van der Waals surface area contributed by atoms with E-state index in [1.54, 1.807) is 37.5 Å². The number of hydrogen-bond acceptors (Lipinski definition) is 5. The van der Waals surface area contributed by atoms with Crippen LogP contribution in [0.1, 0.15) is 5.56 Å². The summed E-state index contributed by atoms with van der Waals surface area (Å²) in [6, 6.07) is 22.1. The van der Waals surface area contributed by atoms with Crippen LogP contribution in [0.2, 0.25) is 5.02 Å². The molecule has 8 heteroatoms. The van der Waals surface area contributed by atoms with Gasteiger partial charge in [-0.2, -0.15) is 0 Å². The van der Waals surface area contributed by atoms with Gasteiger partial charge in [-0.05, 0) is 72.4 Å². The zero-order valence-electron chi connectivity index (χ0n) is 18.8. The molecule has 0 aliphatic carbocycles. The minimum absolute atomic E-state index is 0.333. The van der Waals surface area contributed by atoms with Gasteiger partial charge < -0.3 is 14.0 Å². The van der Waals surface area contributed by atoms with Crippen LogP contribution >= 0.6 is 23.4 Å². The Hall–Kier alpha value is -3.68. The summed E-state index contributed by atoms with van der Waals surface area (Å²) in [4.78, 5) is 27.2. The topological polar surface area (TPSA) is 60.8 Å². The molecule has 1 saturated heterocycles. The largest absolute Gasteiger partial charge is 0.497 e. The van der Waals surface area contributed by atoms with Crippen molar-refractivity contribution in [1.82, 2.24) is 4.57 Å². The van der Waals surface area contributed by atoms with Gasteiger partial charge in [-0.1, -0.05) is 29.8 Å². The van der Waals surface area contributed by atoms with Crippen LogP contribution in [0.5, 0.6) is 11.5 Å². The van der Waals surface area contributed by atoms with Crippen molar-refractivity contribution >= 4 is 57.2 Å². The third-order valence-corrected chi connectivity index (χ3v) is 6.77. The van der Waals surface area contributed by atoms with Crippen molar-refractivity contribution in [2.45, 2.75) is 6.54 Å². The quantitative estimate of drug-likeness (QED) is 0.264. The van der Waals surface area contributed by atoms with Gasteiger partial charge in [0.1, 0.15) is 18.1 Å². The highest BCUT2D eigenvalue weighted by atomic mass is 35.5. The average molecular weight is 505 g/mol. The van der Waals surface area contributed by atoms with Crippen LogP contribution in [0, 0.1) is 0 Å². The molecule has 0 spiro atoms. The molecule has 0 N–H and O–H groups in total. The molecule has 0 saturated carbocycles. The maximum absolute atomic E-state index is 13.1. The first-order chi connectivity index (χ1) is 17.0. The monoisotopic (exact) mass is 504 g/mol. The van der Waals surface area contributed by atoms with Crippen LogP contribution in [-0.2, 0) is 11.3 Å². The lowest BCUT2D eigenvalue weighted by atomic mass is 10.1. The summed E-state index contributed by atoms with van der Waals surface area (Å²) in [7, 11) is 1.63. The lowest BCUT2D eigenvalue weighted by molar-refractivity contribution is -0.113. The van der Waals surface area contributed by atoms with Gasteiger partial charge in [0.2, 0.25) is 0 Å². The Balaban J connectivity index is 1.37. The molecular weight excluding hydrogens is 484 g/mol. The summed E-state index contributed by atoms with van der Waals surface area (Å²) in [6.07, 6.45) is 3.77. The lowest BCUT2D eigenvalue weighted by Crippen LogP contribution is -2.27. The second-order valence-electron chi connectivity index (χ2n) is 7.81. The Morgan fingerprint density at radius 3 is 2.40 bits per heavy atom. The standard InChI is InChI=1S/C27H21ClN2O4S/c1-33-21-10-12-22(13-11-21)34-15-14-29-17-18(23-4-2-3-5-24(23)29)16-25-26(31)30(27(32)35-25)20-8-6-19(28)7-9-20/h2-13,16-17H,14-15H2,1H3/b25-16-. The molecule has 6 nitrogen and oxygen atoms in total. The van der Waals surface area contributed by atoms with Gasteiger partial charge in [0, 0.05) is 27.7 Å². The number of benzene rings is 3. The minimum Gasteiger partial charge on any atom is -0.497 e. The molecule has 1 aliphatic heterocycles. The molecule has 176 valence electrons. The SMILES string of the molecule is COc1ccc(OCCn2cc(/C=C3\SC(=O)N(c4ccc(Cl)cc4)C3=O)c3ccccc32)cc1. The zero-order chi connectivity index (χ0) is 24.4. The molecule has 4 aromatic rings. The van der Waals surface area contributed by atoms with Gasteiger partial charge in [0.05, 0.1) is 24.2 Å². The van der Waals surface area contributed by atoms with Crippen LogP contribution in [0.4, 0.5) is 10.5 Å².